The van der Waals surface area contributed by atoms with Gasteiger partial charge in [0.15, 0.2) is 11.0 Å². The highest BCUT2D eigenvalue weighted by Crippen LogP contribution is 2.41. The van der Waals surface area contributed by atoms with Gasteiger partial charge in [0.2, 0.25) is 5.91 Å². The third-order valence-electron chi connectivity index (χ3n) is 4.95. The number of H-pyrrole nitrogens is 2. The number of rotatable bonds is 6. The minimum atomic E-state index is -0.377. The van der Waals surface area contributed by atoms with Gasteiger partial charge in [0.25, 0.3) is 0 Å². The summed E-state index contributed by atoms with van der Waals surface area (Å²) in [6.07, 6.45) is 5.63. The lowest BCUT2D eigenvalue weighted by Gasteiger charge is -2.13. The number of amides is 1. The van der Waals surface area contributed by atoms with Crippen LogP contribution in [0.4, 0.5) is 5.69 Å². The normalized spacial score (nSPS) is 14.7. The standard InChI is InChI=1S/C20H19N7O2S/c1-11(18(28)22-13-2-5-15-16(10-13)24-19(29)23-15)30-20-26-25-17(27(20)14-3-4-14)12-6-8-21-9-7-12/h2,5-11,14H,3-4H2,1H3,(H,22,28)(H2,23,24,29)/t11-/m0/s1. The fourth-order valence-corrected chi connectivity index (χ4v) is 4.20. The molecule has 0 spiro atoms. The van der Waals surface area contributed by atoms with E-state index in [0.717, 1.165) is 29.4 Å². The summed E-state index contributed by atoms with van der Waals surface area (Å²) in [6.45, 7) is 1.84. The molecule has 4 aromatic rings. The largest absolute Gasteiger partial charge is 0.325 e. The number of nitrogens with one attached hydrogen (secondary N) is 3. The van der Waals surface area contributed by atoms with Crippen molar-refractivity contribution < 1.29 is 4.79 Å². The summed E-state index contributed by atoms with van der Waals surface area (Å²) in [4.78, 5) is 33.6. The fraction of sp³-hybridized carbons (Fsp3) is 0.250. The first-order valence-electron chi connectivity index (χ1n) is 9.63. The van der Waals surface area contributed by atoms with Crippen LogP contribution in [0.1, 0.15) is 25.8 Å². The minimum Gasteiger partial charge on any atom is -0.325 e. The van der Waals surface area contributed by atoms with Gasteiger partial charge in [-0.3, -0.25) is 14.3 Å². The number of hydrogen-bond acceptors (Lipinski definition) is 6. The van der Waals surface area contributed by atoms with E-state index >= 15 is 0 Å². The van der Waals surface area contributed by atoms with Gasteiger partial charge in [0, 0.05) is 29.7 Å². The predicted molar refractivity (Wildman–Crippen MR) is 114 cm³/mol. The number of thioether (sulfide) groups is 1. The number of fused-ring (bicyclic) bond motifs is 1. The molecule has 3 N–H and O–H groups in total. The number of imidazole rings is 1. The zero-order valence-electron chi connectivity index (χ0n) is 16.1. The third-order valence-corrected chi connectivity index (χ3v) is 6.01. The van der Waals surface area contributed by atoms with Gasteiger partial charge in [-0.25, -0.2) is 4.79 Å². The van der Waals surface area contributed by atoms with Crippen LogP contribution in [0.2, 0.25) is 0 Å². The van der Waals surface area contributed by atoms with E-state index in [2.05, 4.69) is 35.0 Å². The van der Waals surface area contributed by atoms with Gasteiger partial charge < -0.3 is 15.3 Å². The van der Waals surface area contributed by atoms with Gasteiger partial charge in [-0.05, 0) is 50.1 Å². The van der Waals surface area contributed by atoms with E-state index in [9.17, 15) is 9.59 Å². The average molecular weight is 421 g/mol. The lowest BCUT2D eigenvalue weighted by molar-refractivity contribution is -0.115. The Morgan fingerprint density at radius 3 is 2.70 bits per heavy atom. The summed E-state index contributed by atoms with van der Waals surface area (Å²) < 4.78 is 2.13. The Kier molecular flexibility index (Phi) is 4.62. The molecule has 3 heterocycles. The molecule has 30 heavy (non-hydrogen) atoms. The highest BCUT2D eigenvalue weighted by Gasteiger charge is 2.31. The summed E-state index contributed by atoms with van der Waals surface area (Å²) in [7, 11) is 0. The molecule has 9 nitrogen and oxygen atoms in total. The molecular weight excluding hydrogens is 402 g/mol. The van der Waals surface area contributed by atoms with Gasteiger partial charge in [-0.2, -0.15) is 0 Å². The van der Waals surface area contributed by atoms with Crippen LogP contribution in [0.15, 0.2) is 52.7 Å². The van der Waals surface area contributed by atoms with E-state index in [4.69, 9.17) is 0 Å². The third kappa shape index (κ3) is 3.61. The first-order chi connectivity index (χ1) is 14.6. The molecular formula is C20H19N7O2S. The van der Waals surface area contributed by atoms with Crippen LogP contribution in [0.3, 0.4) is 0 Å². The number of aromatic amines is 2. The van der Waals surface area contributed by atoms with Crippen LogP contribution in [-0.2, 0) is 4.79 Å². The Labute approximate surface area is 175 Å². The number of hydrogen-bond donors (Lipinski definition) is 3. The second kappa shape index (κ2) is 7.45. The molecule has 3 aromatic heterocycles. The van der Waals surface area contributed by atoms with Crippen molar-refractivity contribution in [3.8, 4) is 11.4 Å². The maximum absolute atomic E-state index is 12.8. The Bertz CT molecular complexity index is 1270. The summed E-state index contributed by atoms with van der Waals surface area (Å²) in [5.74, 6) is 0.657. The van der Waals surface area contributed by atoms with Crippen molar-refractivity contribution in [1.29, 1.82) is 0 Å². The van der Waals surface area contributed by atoms with Crippen molar-refractivity contribution in [2.45, 2.75) is 36.2 Å². The summed E-state index contributed by atoms with van der Waals surface area (Å²) in [5.41, 5.74) is 2.65. The summed E-state index contributed by atoms with van der Waals surface area (Å²) >= 11 is 1.39. The van der Waals surface area contributed by atoms with Crippen LogP contribution < -0.4 is 11.0 Å². The maximum Gasteiger partial charge on any atom is 0.323 e. The van der Waals surface area contributed by atoms with Crippen molar-refractivity contribution in [3.63, 3.8) is 0 Å². The molecule has 0 radical (unpaired) electrons. The molecule has 0 unspecified atom stereocenters. The van der Waals surface area contributed by atoms with Crippen LogP contribution in [-0.4, -0.2) is 40.9 Å². The molecule has 1 fully saturated rings. The molecule has 1 aliphatic carbocycles. The predicted octanol–water partition coefficient (Wildman–Crippen LogP) is 2.96. The van der Waals surface area contributed by atoms with E-state index in [1.165, 1.54) is 11.8 Å². The second-order valence-corrected chi connectivity index (χ2v) is 8.54. The lowest BCUT2D eigenvalue weighted by Crippen LogP contribution is -2.23. The molecule has 5 rings (SSSR count). The van der Waals surface area contributed by atoms with E-state index in [1.807, 2.05) is 19.1 Å². The van der Waals surface area contributed by atoms with Gasteiger partial charge in [0.05, 0.1) is 16.3 Å². The van der Waals surface area contributed by atoms with Crippen LogP contribution in [0.5, 0.6) is 0 Å². The Morgan fingerprint density at radius 2 is 1.93 bits per heavy atom. The SMILES string of the molecule is C[C@H](Sc1nnc(-c2ccncc2)n1C1CC1)C(=O)Nc1ccc2[nH]c(=O)[nH]c2c1. The lowest BCUT2D eigenvalue weighted by atomic mass is 10.2. The van der Waals surface area contributed by atoms with Crippen molar-refractivity contribution in [3.05, 3.63) is 53.2 Å². The smallest absolute Gasteiger partial charge is 0.323 e. The van der Waals surface area contributed by atoms with Gasteiger partial charge >= 0.3 is 5.69 Å². The average Bonchev–Trinajstić information content (AvgIpc) is 3.39. The number of pyridine rings is 1. The van der Waals surface area contributed by atoms with Gasteiger partial charge in [-0.1, -0.05) is 11.8 Å². The van der Waals surface area contributed by atoms with Gasteiger partial charge in [0.1, 0.15) is 0 Å². The number of nitrogens with zero attached hydrogens (tertiary/aromatic N) is 4. The van der Waals surface area contributed by atoms with Crippen molar-refractivity contribution >= 4 is 34.4 Å². The summed E-state index contributed by atoms with van der Waals surface area (Å²) in [5, 5.41) is 12.0. The number of aromatic nitrogens is 6. The van der Waals surface area contributed by atoms with Crippen LogP contribution >= 0.6 is 11.8 Å². The molecule has 10 heteroatoms. The van der Waals surface area contributed by atoms with Gasteiger partial charge in [-0.15, -0.1) is 10.2 Å². The molecule has 1 aromatic carbocycles. The van der Waals surface area contributed by atoms with E-state index in [-0.39, 0.29) is 16.8 Å². The van der Waals surface area contributed by atoms with Crippen LogP contribution in [0.25, 0.3) is 22.4 Å². The molecule has 0 saturated heterocycles. The zero-order chi connectivity index (χ0) is 20.7. The van der Waals surface area contributed by atoms with Crippen molar-refractivity contribution in [1.82, 2.24) is 29.7 Å². The summed E-state index contributed by atoms with van der Waals surface area (Å²) in [6, 6.07) is 9.44. The first-order valence-corrected chi connectivity index (χ1v) is 10.5. The minimum absolute atomic E-state index is 0.145. The first kappa shape index (κ1) is 18.6. The Balaban J connectivity index is 1.34. The zero-order valence-corrected chi connectivity index (χ0v) is 16.9. The molecule has 0 aliphatic heterocycles. The molecule has 0 bridgehead atoms. The molecule has 1 atom stereocenters. The number of carbonyl (C=O) groups excluding carboxylic acids is 1. The van der Waals surface area contributed by atoms with Crippen molar-refractivity contribution in [2.24, 2.45) is 0 Å². The number of benzene rings is 1. The fourth-order valence-electron chi connectivity index (χ4n) is 3.28. The van der Waals surface area contributed by atoms with Crippen LogP contribution in [0, 0.1) is 0 Å². The molecule has 1 saturated carbocycles. The second-order valence-electron chi connectivity index (χ2n) is 7.23. The highest BCUT2D eigenvalue weighted by molar-refractivity contribution is 8.00. The van der Waals surface area contributed by atoms with Crippen molar-refractivity contribution in [2.75, 3.05) is 5.32 Å². The Hall–Kier alpha value is -3.40. The number of carbonyl (C=O) groups is 1. The van der Waals surface area contributed by atoms with E-state index < -0.39 is 0 Å². The molecule has 1 amide bonds. The van der Waals surface area contributed by atoms with E-state index in [0.29, 0.717) is 22.8 Å². The molecule has 1 aliphatic rings. The number of anilines is 1. The Morgan fingerprint density at radius 1 is 1.17 bits per heavy atom. The quantitative estimate of drug-likeness (QED) is 0.412. The topological polar surface area (TPSA) is 121 Å². The highest BCUT2D eigenvalue weighted by atomic mass is 32.2. The monoisotopic (exact) mass is 421 g/mol. The van der Waals surface area contributed by atoms with E-state index in [1.54, 1.807) is 30.6 Å². The molecule has 152 valence electrons. The maximum atomic E-state index is 12.8.